The molecule has 0 bridgehead atoms. The van der Waals surface area contributed by atoms with Gasteiger partial charge in [-0.25, -0.2) is 0 Å². The quantitative estimate of drug-likeness (QED) is 0.459. The summed E-state index contributed by atoms with van der Waals surface area (Å²) in [6, 6.07) is 0. The summed E-state index contributed by atoms with van der Waals surface area (Å²) >= 11 is 0. The molecule has 1 unspecified atom stereocenters. The zero-order valence-electron chi connectivity index (χ0n) is 9.04. The maximum atomic E-state index is 11.4. The molecule has 14 heavy (non-hydrogen) atoms. The predicted molar refractivity (Wildman–Crippen MR) is 51.9 cm³/mol. The molecule has 4 heteroatoms. The van der Waals surface area contributed by atoms with Gasteiger partial charge in [-0.2, -0.15) is 0 Å². The van der Waals surface area contributed by atoms with Gasteiger partial charge >= 0.3 is 5.97 Å². The van der Waals surface area contributed by atoms with Crippen molar-refractivity contribution in [2.75, 3.05) is 19.8 Å². The lowest BCUT2D eigenvalue weighted by Gasteiger charge is -2.11. The maximum Gasteiger partial charge on any atom is 0.316 e. The highest BCUT2D eigenvalue weighted by Crippen LogP contribution is 2.07. The molecule has 0 aliphatic rings. The summed E-state index contributed by atoms with van der Waals surface area (Å²) in [5, 5.41) is 0. The molecular formula is C10H18O4. The Morgan fingerprint density at radius 2 is 1.79 bits per heavy atom. The first kappa shape index (κ1) is 13.1. The highest BCUT2D eigenvalue weighted by Gasteiger charge is 2.25. The Kier molecular flexibility index (Phi) is 7.02. The number of carbonyl (C=O) groups excluding carboxylic acids is 2. The molecule has 0 aromatic carbocycles. The van der Waals surface area contributed by atoms with Crippen LogP contribution in [0.15, 0.2) is 0 Å². The van der Waals surface area contributed by atoms with Crippen molar-refractivity contribution in [3.8, 4) is 0 Å². The van der Waals surface area contributed by atoms with E-state index in [2.05, 4.69) is 0 Å². The van der Waals surface area contributed by atoms with Gasteiger partial charge < -0.3 is 9.47 Å². The van der Waals surface area contributed by atoms with Crippen LogP contribution in [-0.2, 0) is 19.1 Å². The van der Waals surface area contributed by atoms with Gasteiger partial charge in [0.2, 0.25) is 0 Å². The van der Waals surface area contributed by atoms with Gasteiger partial charge in [0.1, 0.15) is 12.5 Å². The Balaban J connectivity index is 4.10. The predicted octanol–water partition coefficient (Wildman–Crippen LogP) is 1.18. The summed E-state index contributed by atoms with van der Waals surface area (Å²) < 4.78 is 9.73. The molecule has 0 N–H and O–H groups in total. The lowest BCUT2D eigenvalue weighted by atomic mass is 10.0. The van der Waals surface area contributed by atoms with E-state index >= 15 is 0 Å². The molecule has 82 valence electrons. The molecule has 0 amide bonds. The Labute approximate surface area is 84.6 Å². The average molecular weight is 202 g/mol. The van der Waals surface area contributed by atoms with E-state index in [-0.39, 0.29) is 12.4 Å². The van der Waals surface area contributed by atoms with Gasteiger partial charge in [-0.05, 0) is 20.3 Å². The Hall–Kier alpha value is -0.900. The molecule has 0 aromatic rings. The third kappa shape index (κ3) is 4.37. The first-order valence-corrected chi connectivity index (χ1v) is 4.94. The Morgan fingerprint density at radius 3 is 2.21 bits per heavy atom. The summed E-state index contributed by atoms with van der Waals surface area (Å²) in [5.41, 5.74) is 0. The SMILES string of the molecule is CCOCC(=O)C(CC)C(=O)OCC. The summed E-state index contributed by atoms with van der Waals surface area (Å²) in [5.74, 6) is -1.31. The van der Waals surface area contributed by atoms with E-state index in [4.69, 9.17) is 9.47 Å². The third-order valence-corrected chi connectivity index (χ3v) is 1.82. The first-order chi connectivity index (χ1) is 6.67. The van der Waals surface area contributed by atoms with Crippen LogP contribution in [0.5, 0.6) is 0 Å². The standard InChI is InChI=1S/C10H18O4/c1-4-8(10(12)14-6-3)9(11)7-13-5-2/h8H,4-7H2,1-3H3. The van der Waals surface area contributed by atoms with Gasteiger partial charge in [-0.3, -0.25) is 9.59 Å². The molecule has 0 spiro atoms. The molecule has 0 rings (SSSR count). The van der Waals surface area contributed by atoms with Crippen LogP contribution in [-0.4, -0.2) is 31.6 Å². The zero-order valence-corrected chi connectivity index (χ0v) is 9.04. The summed E-state index contributed by atoms with van der Waals surface area (Å²) in [6.45, 7) is 6.08. The van der Waals surface area contributed by atoms with Crippen LogP contribution in [0.4, 0.5) is 0 Å². The Morgan fingerprint density at radius 1 is 1.14 bits per heavy atom. The van der Waals surface area contributed by atoms with E-state index in [0.29, 0.717) is 19.6 Å². The van der Waals surface area contributed by atoms with Gasteiger partial charge in [-0.15, -0.1) is 0 Å². The van der Waals surface area contributed by atoms with Crippen LogP contribution in [0.3, 0.4) is 0 Å². The molecule has 0 aromatic heterocycles. The van der Waals surface area contributed by atoms with Crippen molar-refractivity contribution in [1.29, 1.82) is 0 Å². The minimum absolute atomic E-state index is 0.00613. The summed E-state index contributed by atoms with van der Waals surface area (Å²) in [6.07, 6.45) is 0.463. The van der Waals surface area contributed by atoms with E-state index in [0.717, 1.165) is 0 Å². The lowest BCUT2D eigenvalue weighted by Crippen LogP contribution is -2.28. The van der Waals surface area contributed by atoms with Crippen LogP contribution in [0.2, 0.25) is 0 Å². The van der Waals surface area contributed by atoms with E-state index in [1.165, 1.54) is 0 Å². The number of rotatable bonds is 7. The number of hydrogen-bond donors (Lipinski definition) is 0. The number of carbonyl (C=O) groups is 2. The van der Waals surface area contributed by atoms with Crippen LogP contribution in [0.25, 0.3) is 0 Å². The number of Topliss-reactive ketones (excluding diaryl/α,β-unsaturated/α-hetero) is 1. The smallest absolute Gasteiger partial charge is 0.316 e. The van der Waals surface area contributed by atoms with Crippen molar-refractivity contribution in [2.45, 2.75) is 27.2 Å². The second-order valence-electron chi connectivity index (χ2n) is 2.82. The largest absolute Gasteiger partial charge is 0.465 e. The number of esters is 1. The molecule has 0 saturated heterocycles. The van der Waals surface area contributed by atoms with Crippen LogP contribution in [0.1, 0.15) is 27.2 Å². The fourth-order valence-electron chi connectivity index (χ4n) is 1.07. The van der Waals surface area contributed by atoms with E-state index in [1.807, 2.05) is 0 Å². The van der Waals surface area contributed by atoms with Crippen LogP contribution < -0.4 is 0 Å². The third-order valence-electron chi connectivity index (χ3n) is 1.82. The van der Waals surface area contributed by atoms with Gasteiger partial charge in [0, 0.05) is 6.61 Å². The molecule has 0 radical (unpaired) electrons. The van der Waals surface area contributed by atoms with Crippen molar-refractivity contribution in [2.24, 2.45) is 5.92 Å². The topological polar surface area (TPSA) is 52.6 Å². The highest BCUT2D eigenvalue weighted by atomic mass is 16.5. The fraction of sp³-hybridized carbons (Fsp3) is 0.800. The van der Waals surface area contributed by atoms with E-state index in [1.54, 1.807) is 20.8 Å². The second-order valence-corrected chi connectivity index (χ2v) is 2.82. The number of ether oxygens (including phenoxy) is 2. The fourth-order valence-corrected chi connectivity index (χ4v) is 1.07. The van der Waals surface area contributed by atoms with Crippen molar-refractivity contribution >= 4 is 11.8 Å². The lowest BCUT2D eigenvalue weighted by molar-refractivity contribution is -0.152. The average Bonchev–Trinajstić information content (AvgIpc) is 2.16. The normalized spacial score (nSPS) is 12.2. The van der Waals surface area contributed by atoms with Gasteiger partial charge in [0.15, 0.2) is 5.78 Å². The van der Waals surface area contributed by atoms with Crippen LogP contribution >= 0.6 is 0 Å². The molecule has 0 aliphatic heterocycles. The minimum atomic E-state index is -0.665. The van der Waals surface area contributed by atoms with Crippen molar-refractivity contribution in [3.05, 3.63) is 0 Å². The molecule has 0 fully saturated rings. The minimum Gasteiger partial charge on any atom is -0.465 e. The van der Waals surface area contributed by atoms with E-state index < -0.39 is 11.9 Å². The van der Waals surface area contributed by atoms with Crippen molar-refractivity contribution < 1.29 is 19.1 Å². The highest BCUT2D eigenvalue weighted by molar-refractivity contribution is 5.99. The van der Waals surface area contributed by atoms with Gasteiger partial charge in [0.05, 0.1) is 6.61 Å². The zero-order chi connectivity index (χ0) is 11.0. The maximum absolute atomic E-state index is 11.4. The van der Waals surface area contributed by atoms with Gasteiger partial charge in [0.25, 0.3) is 0 Å². The number of hydrogen-bond acceptors (Lipinski definition) is 4. The first-order valence-electron chi connectivity index (χ1n) is 4.94. The van der Waals surface area contributed by atoms with E-state index in [9.17, 15) is 9.59 Å². The van der Waals surface area contributed by atoms with Crippen molar-refractivity contribution in [3.63, 3.8) is 0 Å². The molecule has 0 aliphatic carbocycles. The van der Waals surface area contributed by atoms with Crippen LogP contribution in [0, 0.1) is 5.92 Å². The van der Waals surface area contributed by atoms with Gasteiger partial charge in [-0.1, -0.05) is 6.92 Å². The summed E-state index contributed by atoms with van der Waals surface area (Å²) in [7, 11) is 0. The Bertz CT molecular complexity index is 189. The molecule has 4 nitrogen and oxygen atoms in total. The molecule has 1 atom stereocenters. The van der Waals surface area contributed by atoms with Crippen molar-refractivity contribution in [1.82, 2.24) is 0 Å². The molecular weight excluding hydrogens is 184 g/mol. The summed E-state index contributed by atoms with van der Waals surface area (Å²) in [4.78, 5) is 22.7. The second kappa shape index (κ2) is 7.50. The molecule has 0 saturated carbocycles. The monoisotopic (exact) mass is 202 g/mol. The molecule has 0 heterocycles. The number of ketones is 1.